The number of thiazole rings is 1. The molecule has 5 heteroatoms. The Morgan fingerprint density at radius 2 is 1.95 bits per heavy atom. The number of rotatable bonds is 4. The van der Waals surface area contributed by atoms with E-state index >= 15 is 0 Å². The second kappa shape index (κ2) is 6.62. The van der Waals surface area contributed by atoms with Crippen molar-refractivity contribution >= 4 is 34.1 Å². The summed E-state index contributed by atoms with van der Waals surface area (Å²) in [5, 5.41) is 5.54. The standard InChI is InChI=1S/C16H20N2OS2/c1-11-5-7-12(8-6-11)20-10-14(19)18-15-17-13(9-21-15)16(2,3)4/h5-9H,10H2,1-4H3,(H,17,18,19). The van der Waals surface area contributed by atoms with Crippen LogP contribution < -0.4 is 5.32 Å². The molecule has 0 aliphatic carbocycles. The maximum atomic E-state index is 11.9. The van der Waals surface area contributed by atoms with Gasteiger partial charge in [0.15, 0.2) is 5.13 Å². The van der Waals surface area contributed by atoms with Gasteiger partial charge in [-0.3, -0.25) is 4.79 Å². The Labute approximate surface area is 134 Å². The van der Waals surface area contributed by atoms with Crippen molar-refractivity contribution in [3.63, 3.8) is 0 Å². The Balaban J connectivity index is 1.87. The molecule has 0 aliphatic rings. The molecule has 1 heterocycles. The third kappa shape index (κ3) is 4.86. The van der Waals surface area contributed by atoms with Gasteiger partial charge < -0.3 is 5.32 Å². The fourth-order valence-corrected chi connectivity index (χ4v) is 3.27. The summed E-state index contributed by atoms with van der Waals surface area (Å²) in [4.78, 5) is 17.5. The summed E-state index contributed by atoms with van der Waals surface area (Å²) in [5.41, 5.74) is 2.24. The number of hydrogen-bond acceptors (Lipinski definition) is 4. The van der Waals surface area contributed by atoms with Gasteiger partial charge in [0.25, 0.3) is 0 Å². The highest BCUT2D eigenvalue weighted by atomic mass is 32.2. The van der Waals surface area contributed by atoms with Crippen LogP contribution in [0.1, 0.15) is 32.0 Å². The number of aromatic nitrogens is 1. The van der Waals surface area contributed by atoms with E-state index < -0.39 is 0 Å². The number of anilines is 1. The Hall–Kier alpha value is -1.33. The molecule has 0 saturated carbocycles. The maximum absolute atomic E-state index is 11.9. The Kier molecular flexibility index (Phi) is 5.06. The molecule has 0 aliphatic heterocycles. The van der Waals surface area contributed by atoms with Crippen molar-refractivity contribution < 1.29 is 4.79 Å². The zero-order valence-electron chi connectivity index (χ0n) is 12.8. The summed E-state index contributed by atoms with van der Waals surface area (Å²) in [6.07, 6.45) is 0. The minimum absolute atomic E-state index is 0.0100. The van der Waals surface area contributed by atoms with Gasteiger partial charge in [-0.1, -0.05) is 38.5 Å². The lowest BCUT2D eigenvalue weighted by atomic mass is 9.93. The highest BCUT2D eigenvalue weighted by molar-refractivity contribution is 8.00. The van der Waals surface area contributed by atoms with Gasteiger partial charge in [-0.25, -0.2) is 4.98 Å². The maximum Gasteiger partial charge on any atom is 0.236 e. The molecule has 1 N–H and O–H groups in total. The summed E-state index contributed by atoms with van der Waals surface area (Å²) < 4.78 is 0. The smallest absolute Gasteiger partial charge is 0.236 e. The minimum Gasteiger partial charge on any atom is -0.301 e. The molecule has 0 unspecified atom stereocenters. The molecule has 0 fully saturated rings. The quantitative estimate of drug-likeness (QED) is 0.845. The number of hydrogen-bond donors (Lipinski definition) is 1. The first kappa shape index (κ1) is 16.0. The van der Waals surface area contributed by atoms with E-state index in [9.17, 15) is 4.79 Å². The minimum atomic E-state index is -0.0182. The number of thioether (sulfide) groups is 1. The van der Waals surface area contributed by atoms with Crippen molar-refractivity contribution in [3.8, 4) is 0 Å². The average Bonchev–Trinajstić information content (AvgIpc) is 2.86. The number of aryl methyl sites for hydroxylation is 1. The normalized spacial score (nSPS) is 11.4. The van der Waals surface area contributed by atoms with Crippen LogP contribution in [0, 0.1) is 6.92 Å². The van der Waals surface area contributed by atoms with Crippen LogP contribution in [0.25, 0.3) is 0 Å². The van der Waals surface area contributed by atoms with Gasteiger partial charge in [0.1, 0.15) is 0 Å². The van der Waals surface area contributed by atoms with Crippen molar-refractivity contribution in [2.45, 2.75) is 38.0 Å². The van der Waals surface area contributed by atoms with E-state index in [0.29, 0.717) is 10.9 Å². The van der Waals surface area contributed by atoms with Crippen LogP contribution in [0.15, 0.2) is 34.5 Å². The molecule has 1 aromatic carbocycles. The lowest BCUT2D eigenvalue weighted by molar-refractivity contribution is -0.113. The highest BCUT2D eigenvalue weighted by Gasteiger charge is 2.18. The van der Waals surface area contributed by atoms with Crippen LogP contribution in [-0.2, 0) is 10.2 Å². The molecule has 1 aromatic heterocycles. The van der Waals surface area contributed by atoms with Crippen LogP contribution >= 0.6 is 23.1 Å². The SMILES string of the molecule is Cc1ccc(SCC(=O)Nc2nc(C(C)(C)C)cs2)cc1. The molecule has 0 radical (unpaired) electrons. The number of carbonyl (C=O) groups excluding carboxylic acids is 1. The number of amides is 1. The first-order valence-electron chi connectivity index (χ1n) is 6.80. The fraction of sp³-hybridized carbons (Fsp3) is 0.375. The van der Waals surface area contributed by atoms with Gasteiger partial charge in [-0.15, -0.1) is 23.1 Å². The zero-order chi connectivity index (χ0) is 15.5. The summed E-state index contributed by atoms with van der Waals surface area (Å²) in [7, 11) is 0. The van der Waals surface area contributed by atoms with Gasteiger partial charge >= 0.3 is 0 Å². The van der Waals surface area contributed by atoms with Crippen LogP contribution in [0.2, 0.25) is 0 Å². The van der Waals surface area contributed by atoms with Crippen molar-refractivity contribution in [2.24, 2.45) is 0 Å². The second-order valence-electron chi connectivity index (χ2n) is 5.94. The van der Waals surface area contributed by atoms with E-state index in [1.807, 2.05) is 17.5 Å². The Morgan fingerprint density at radius 1 is 1.29 bits per heavy atom. The van der Waals surface area contributed by atoms with Crippen LogP contribution in [0.5, 0.6) is 0 Å². The molecule has 21 heavy (non-hydrogen) atoms. The zero-order valence-corrected chi connectivity index (χ0v) is 14.4. The Morgan fingerprint density at radius 3 is 2.52 bits per heavy atom. The molecule has 0 saturated heterocycles. The summed E-state index contributed by atoms with van der Waals surface area (Å²) in [5.74, 6) is 0.378. The Bertz CT molecular complexity index is 612. The van der Waals surface area contributed by atoms with Gasteiger partial charge in [0, 0.05) is 15.7 Å². The third-order valence-electron chi connectivity index (χ3n) is 2.91. The van der Waals surface area contributed by atoms with Gasteiger partial charge in [-0.2, -0.15) is 0 Å². The van der Waals surface area contributed by atoms with Gasteiger partial charge in [0.2, 0.25) is 5.91 Å². The van der Waals surface area contributed by atoms with Crippen molar-refractivity contribution in [1.82, 2.24) is 4.98 Å². The number of nitrogens with zero attached hydrogens (tertiary/aromatic N) is 1. The average molecular weight is 320 g/mol. The molecular formula is C16H20N2OS2. The van der Waals surface area contributed by atoms with Crippen molar-refractivity contribution in [1.29, 1.82) is 0 Å². The number of benzene rings is 1. The number of carbonyl (C=O) groups is 1. The van der Waals surface area contributed by atoms with Gasteiger partial charge in [-0.05, 0) is 19.1 Å². The van der Waals surface area contributed by atoms with Crippen LogP contribution in [0.3, 0.4) is 0 Å². The summed E-state index contributed by atoms with van der Waals surface area (Å²) in [6.45, 7) is 8.39. The van der Waals surface area contributed by atoms with E-state index in [4.69, 9.17) is 0 Å². The fourth-order valence-electron chi connectivity index (χ4n) is 1.61. The lowest BCUT2D eigenvalue weighted by Crippen LogP contribution is -2.15. The molecule has 0 spiro atoms. The molecule has 0 atom stereocenters. The van der Waals surface area contributed by atoms with E-state index in [1.54, 1.807) is 0 Å². The molecule has 3 nitrogen and oxygen atoms in total. The molecule has 2 aromatic rings. The van der Waals surface area contributed by atoms with Crippen LogP contribution in [-0.4, -0.2) is 16.6 Å². The summed E-state index contributed by atoms with van der Waals surface area (Å²) >= 11 is 3.01. The predicted molar refractivity (Wildman–Crippen MR) is 91.3 cm³/mol. The van der Waals surface area contributed by atoms with Crippen LogP contribution in [0.4, 0.5) is 5.13 Å². The van der Waals surface area contributed by atoms with Gasteiger partial charge in [0.05, 0.1) is 11.4 Å². The van der Waals surface area contributed by atoms with E-state index in [2.05, 4.69) is 50.1 Å². The predicted octanol–water partition coefficient (Wildman–Crippen LogP) is 4.48. The lowest BCUT2D eigenvalue weighted by Gasteiger charge is -2.14. The largest absolute Gasteiger partial charge is 0.301 e. The molecule has 0 bridgehead atoms. The van der Waals surface area contributed by atoms with E-state index in [0.717, 1.165) is 10.6 Å². The topological polar surface area (TPSA) is 42.0 Å². The van der Waals surface area contributed by atoms with Crippen molar-refractivity contribution in [2.75, 3.05) is 11.1 Å². The highest BCUT2D eigenvalue weighted by Crippen LogP contribution is 2.26. The molecular weight excluding hydrogens is 300 g/mol. The second-order valence-corrected chi connectivity index (χ2v) is 7.84. The third-order valence-corrected chi connectivity index (χ3v) is 4.68. The van der Waals surface area contributed by atoms with Crippen molar-refractivity contribution in [3.05, 3.63) is 40.9 Å². The number of nitrogens with one attached hydrogen (secondary N) is 1. The molecule has 1 amide bonds. The van der Waals surface area contributed by atoms with E-state index in [-0.39, 0.29) is 11.3 Å². The van der Waals surface area contributed by atoms with E-state index in [1.165, 1.54) is 28.7 Å². The monoisotopic (exact) mass is 320 g/mol. The summed E-state index contributed by atoms with van der Waals surface area (Å²) in [6, 6.07) is 8.18. The first-order chi connectivity index (χ1) is 9.84. The first-order valence-corrected chi connectivity index (χ1v) is 8.66. The molecule has 2 rings (SSSR count). The molecule has 112 valence electrons.